The fraction of sp³-hybridized carbons (Fsp3) is 0.0714. The molecular formula is C14H14N4S. The number of aromatic nitrogens is 1. The van der Waals surface area contributed by atoms with E-state index in [4.69, 9.17) is 12.2 Å². The Morgan fingerprint density at radius 2 is 1.95 bits per heavy atom. The molecule has 0 aliphatic rings. The van der Waals surface area contributed by atoms with Crippen LogP contribution in [0.2, 0.25) is 0 Å². The van der Waals surface area contributed by atoms with Gasteiger partial charge in [-0.2, -0.15) is 5.10 Å². The maximum atomic E-state index is 5.11. The van der Waals surface area contributed by atoms with E-state index in [0.717, 1.165) is 5.69 Å². The Bertz CT molecular complexity index is 540. The summed E-state index contributed by atoms with van der Waals surface area (Å²) >= 11 is 5.11. The second-order valence-electron chi connectivity index (χ2n) is 3.79. The van der Waals surface area contributed by atoms with Crippen LogP contribution in [0.3, 0.4) is 0 Å². The zero-order chi connectivity index (χ0) is 13.3. The molecule has 0 aliphatic carbocycles. The lowest BCUT2D eigenvalue weighted by Gasteiger charge is -2.06. The Morgan fingerprint density at radius 1 is 1.16 bits per heavy atom. The van der Waals surface area contributed by atoms with Crippen molar-refractivity contribution in [1.29, 1.82) is 0 Å². The Kier molecular flexibility index (Phi) is 5.01. The van der Waals surface area contributed by atoms with Crippen LogP contribution < -0.4 is 10.7 Å². The van der Waals surface area contributed by atoms with E-state index in [-0.39, 0.29) is 0 Å². The van der Waals surface area contributed by atoms with Crippen LogP contribution in [0.1, 0.15) is 11.3 Å². The first-order chi connectivity index (χ1) is 9.34. The van der Waals surface area contributed by atoms with Crippen molar-refractivity contribution in [2.75, 3.05) is 0 Å². The van der Waals surface area contributed by atoms with Crippen LogP contribution in [0.15, 0.2) is 59.8 Å². The minimum Gasteiger partial charge on any atom is -0.357 e. The van der Waals surface area contributed by atoms with Crippen molar-refractivity contribution in [2.24, 2.45) is 5.10 Å². The topological polar surface area (TPSA) is 49.3 Å². The number of thiocarbonyl (C=S) groups is 1. The number of hydrazone groups is 1. The van der Waals surface area contributed by atoms with E-state index in [1.165, 1.54) is 5.56 Å². The number of pyridine rings is 1. The van der Waals surface area contributed by atoms with Crippen molar-refractivity contribution in [3.05, 3.63) is 66.0 Å². The van der Waals surface area contributed by atoms with Crippen molar-refractivity contribution in [3.8, 4) is 0 Å². The minimum absolute atomic E-state index is 0.482. The highest BCUT2D eigenvalue weighted by Gasteiger charge is 1.94. The van der Waals surface area contributed by atoms with E-state index >= 15 is 0 Å². The smallest absolute Gasteiger partial charge is 0.187 e. The first-order valence-corrected chi connectivity index (χ1v) is 6.27. The van der Waals surface area contributed by atoms with Gasteiger partial charge in [0.2, 0.25) is 0 Å². The van der Waals surface area contributed by atoms with E-state index in [1.54, 1.807) is 12.4 Å². The predicted octanol–water partition coefficient (Wildman–Crippen LogP) is 2.08. The number of rotatable bonds is 4. The molecule has 0 amide bonds. The highest BCUT2D eigenvalue weighted by atomic mass is 32.1. The third kappa shape index (κ3) is 4.85. The third-order valence-corrected chi connectivity index (χ3v) is 2.58. The molecule has 0 bridgehead atoms. The quantitative estimate of drug-likeness (QED) is 0.507. The van der Waals surface area contributed by atoms with Crippen LogP contribution in [0.5, 0.6) is 0 Å². The number of nitrogens with one attached hydrogen (secondary N) is 2. The molecular weight excluding hydrogens is 256 g/mol. The Labute approximate surface area is 117 Å². The molecule has 0 saturated heterocycles. The van der Waals surface area contributed by atoms with Gasteiger partial charge in [0.15, 0.2) is 5.11 Å². The van der Waals surface area contributed by atoms with Crippen LogP contribution in [0, 0.1) is 0 Å². The lowest BCUT2D eigenvalue weighted by Crippen LogP contribution is -2.31. The van der Waals surface area contributed by atoms with Gasteiger partial charge in [-0.05, 0) is 29.9 Å². The van der Waals surface area contributed by atoms with E-state index in [1.807, 2.05) is 48.5 Å². The van der Waals surface area contributed by atoms with Crippen molar-refractivity contribution >= 4 is 23.5 Å². The molecule has 96 valence electrons. The summed E-state index contributed by atoms with van der Waals surface area (Å²) in [6, 6.07) is 15.7. The molecule has 0 aliphatic heterocycles. The zero-order valence-corrected chi connectivity index (χ0v) is 11.1. The molecule has 0 fully saturated rings. The molecule has 0 saturated carbocycles. The predicted molar refractivity (Wildman–Crippen MR) is 80.8 cm³/mol. The summed E-state index contributed by atoms with van der Waals surface area (Å²) in [7, 11) is 0. The van der Waals surface area contributed by atoms with E-state index in [2.05, 4.69) is 20.8 Å². The standard InChI is InChI=1S/C14H14N4S/c19-14(16-10-12-6-2-1-3-7-12)18-17-11-13-8-4-5-9-15-13/h1-9,11H,10H2,(H2,16,18,19)/b17-11+. The van der Waals surface area contributed by atoms with Crippen LogP contribution >= 0.6 is 12.2 Å². The first kappa shape index (κ1) is 13.2. The number of hydrogen-bond acceptors (Lipinski definition) is 3. The molecule has 5 heteroatoms. The molecule has 0 atom stereocenters. The summed E-state index contributed by atoms with van der Waals surface area (Å²) in [4.78, 5) is 4.12. The summed E-state index contributed by atoms with van der Waals surface area (Å²) < 4.78 is 0. The molecule has 0 unspecified atom stereocenters. The average Bonchev–Trinajstić information content (AvgIpc) is 2.47. The SMILES string of the molecule is S=C(NCc1ccccc1)N/N=C/c1ccccn1. The highest BCUT2D eigenvalue weighted by Crippen LogP contribution is 1.96. The van der Waals surface area contributed by atoms with Crippen LogP contribution in [0.25, 0.3) is 0 Å². The molecule has 0 spiro atoms. The monoisotopic (exact) mass is 270 g/mol. The van der Waals surface area contributed by atoms with Crippen molar-refractivity contribution < 1.29 is 0 Å². The van der Waals surface area contributed by atoms with Crippen molar-refractivity contribution in [1.82, 2.24) is 15.7 Å². The molecule has 19 heavy (non-hydrogen) atoms. The summed E-state index contributed by atoms with van der Waals surface area (Å²) in [5.74, 6) is 0. The van der Waals surface area contributed by atoms with Gasteiger partial charge in [0.05, 0.1) is 11.9 Å². The highest BCUT2D eigenvalue weighted by molar-refractivity contribution is 7.80. The van der Waals surface area contributed by atoms with Crippen LogP contribution in [-0.2, 0) is 6.54 Å². The second-order valence-corrected chi connectivity index (χ2v) is 4.20. The fourth-order valence-electron chi connectivity index (χ4n) is 1.43. The Morgan fingerprint density at radius 3 is 2.68 bits per heavy atom. The molecule has 2 N–H and O–H groups in total. The lowest BCUT2D eigenvalue weighted by molar-refractivity contribution is 0.868. The molecule has 1 heterocycles. The summed E-state index contributed by atoms with van der Waals surface area (Å²) in [6.07, 6.45) is 3.34. The van der Waals surface area contributed by atoms with Crippen LogP contribution in [-0.4, -0.2) is 16.3 Å². The second kappa shape index (κ2) is 7.23. The molecule has 1 aromatic heterocycles. The Balaban J connectivity index is 1.75. The Hall–Kier alpha value is -2.27. The number of nitrogens with zero attached hydrogens (tertiary/aromatic N) is 2. The summed E-state index contributed by atoms with van der Waals surface area (Å²) in [5, 5.41) is 7.57. The number of hydrogen-bond donors (Lipinski definition) is 2. The van der Waals surface area contributed by atoms with Crippen LogP contribution in [0.4, 0.5) is 0 Å². The zero-order valence-electron chi connectivity index (χ0n) is 10.3. The van der Waals surface area contributed by atoms with Gasteiger partial charge < -0.3 is 5.32 Å². The summed E-state index contributed by atoms with van der Waals surface area (Å²) in [5.41, 5.74) is 4.70. The van der Waals surface area contributed by atoms with Crippen molar-refractivity contribution in [2.45, 2.75) is 6.54 Å². The third-order valence-electron chi connectivity index (χ3n) is 2.35. The normalized spacial score (nSPS) is 10.3. The lowest BCUT2D eigenvalue weighted by atomic mass is 10.2. The maximum absolute atomic E-state index is 5.11. The van der Waals surface area contributed by atoms with E-state index in [0.29, 0.717) is 11.7 Å². The van der Waals surface area contributed by atoms with Gasteiger partial charge in [0, 0.05) is 12.7 Å². The average molecular weight is 270 g/mol. The van der Waals surface area contributed by atoms with Gasteiger partial charge in [-0.3, -0.25) is 10.4 Å². The molecule has 2 aromatic rings. The van der Waals surface area contributed by atoms with Crippen molar-refractivity contribution in [3.63, 3.8) is 0 Å². The summed E-state index contributed by atoms with van der Waals surface area (Å²) in [6.45, 7) is 0.672. The van der Waals surface area contributed by atoms with E-state index in [9.17, 15) is 0 Å². The largest absolute Gasteiger partial charge is 0.357 e. The van der Waals surface area contributed by atoms with Gasteiger partial charge in [-0.15, -0.1) is 0 Å². The van der Waals surface area contributed by atoms with E-state index < -0.39 is 0 Å². The van der Waals surface area contributed by atoms with Gasteiger partial charge in [0.1, 0.15) is 0 Å². The van der Waals surface area contributed by atoms with Gasteiger partial charge >= 0.3 is 0 Å². The molecule has 1 aromatic carbocycles. The molecule has 0 radical (unpaired) electrons. The van der Waals surface area contributed by atoms with Gasteiger partial charge in [-0.25, -0.2) is 0 Å². The van der Waals surface area contributed by atoms with Gasteiger partial charge in [-0.1, -0.05) is 36.4 Å². The maximum Gasteiger partial charge on any atom is 0.187 e. The number of benzene rings is 1. The molecule has 4 nitrogen and oxygen atoms in total. The van der Waals surface area contributed by atoms with Gasteiger partial charge in [0.25, 0.3) is 0 Å². The first-order valence-electron chi connectivity index (χ1n) is 5.86. The molecule has 2 rings (SSSR count). The fourth-order valence-corrected chi connectivity index (χ4v) is 1.55. The minimum atomic E-state index is 0.482.